The van der Waals surface area contributed by atoms with Gasteiger partial charge in [-0.15, -0.1) is 11.3 Å². The van der Waals surface area contributed by atoms with E-state index in [2.05, 4.69) is 9.80 Å². The molecule has 1 aromatic heterocycles. The minimum Gasteiger partial charge on any atom is -0.481 e. The van der Waals surface area contributed by atoms with Crippen molar-refractivity contribution in [3.63, 3.8) is 0 Å². The van der Waals surface area contributed by atoms with Crippen molar-refractivity contribution in [2.75, 3.05) is 33.2 Å². The average Bonchev–Trinajstić information content (AvgIpc) is 2.93. The Kier molecular flexibility index (Phi) is 3.79. The summed E-state index contributed by atoms with van der Waals surface area (Å²) in [6.07, 6.45) is 0.977. The fourth-order valence-corrected chi connectivity index (χ4v) is 4.78. The molecule has 2 saturated heterocycles. The third-order valence-corrected chi connectivity index (χ3v) is 5.83. The molecule has 1 aromatic rings. The van der Waals surface area contributed by atoms with Crippen molar-refractivity contribution in [1.29, 1.82) is 0 Å². The Morgan fingerprint density at radius 3 is 3.00 bits per heavy atom. The molecule has 3 rings (SSSR count). The number of aliphatic carboxylic acids is 1. The molecular formula is C14H19ClN2O2S. The first-order valence-electron chi connectivity index (χ1n) is 6.88. The number of carboxylic acid groups (broad SMARTS) is 1. The van der Waals surface area contributed by atoms with E-state index in [0.717, 1.165) is 30.4 Å². The lowest BCUT2D eigenvalue weighted by Gasteiger charge is -2.39. The molecule has 110 valence electrons. The molecule has 2 aliphatic heterocycles. The van der Waals surface area contributed by atoms with Crippen LogP contribution >= 0.6 is 22.9 Å². The van der Waals surface area contributed by atoms with Crippen LogP contribution < -0.4 is 0 Å². The smallest absolute Gasteiger partial charge is 0.312 e. The van der Waals surface area contributed by atoms with Gasteiger partial charge in [0.05, 0.1) is 9.75 Å². The summed E-state index contributed by atoms with van der Waals surface area (Å²) in [4.78, 5) is 17.5. The molecule has 0 saturated carbocycles. The van der Waals surface area contributed by atoms with E-state index in [1.807, 2.05) is 19.2 Å². The zero-order chi connectivity index (χ0) is 14.3. The summed E-state index contributed by atoms with van der Waals surface area (Å²) in [5.41, 5.74) is -0.589. The van der Waals surface area contributed by atoms with Crippen LogP contribution in [0, 0.1) is 11.3 Å². The maximum Gasteiger partial charge on any atom is 0.312 e. The first-order chi connectivity index (χ1) is 9.49. The van der Waals surface area contributed by atoms with Crippen molar-refractivity contribution in [3.8, 4) is 0 Å². The van der Waals surface area contributed by atoms with E-state index in [1.165, 1.54) is 4.88 Å². The highest BCUT2D eigenvalue weighted by atomic mass is 35.5. The van der Waals surface area contributed by atoms with Gasteiger partial charge < -0.3 is 10.0 Å². The molecule has 0 bridgehead atoms. The van der Waals surface area contributed by atoms with Crippen LogP contribution in [0.3, 0.4) is 0 Å². The van der Waals surface area contributed by atoms with Crippen molar-refractivity contribution in [1.82, 2.24) is 9.80 Å². The van der Waals surface area contributed by atoms with Gasteiger partial charge in [-0.25, -0.2) is 0 Å². The predicted molar refractivity (Wildman–Crippen MR) is 80.3 cm³/mol. The maximum atomic E-state index is 11.8. The molecule has 4 nitrogen and oxygen atoms in total. The summed E-state index contributed by atoms with van der Waals surface area (Å²) < 4.78 is 0.796. The Hall–Kier alpha value is -0.620. The lowest BCUT2D eigenvalue weighted by Crippen LogP contribution is -2.52. The summed E-state index contributed by atoms with van der Waals surface area (Å²) in [5, 5.41) is 9.73. The standard InChI is InChI=1S/C14H19ClN2O2S/c1-16-5-4-10-6-17(7-11-2-3-12(15)20-11)9-14(10,8-16)13(18)19/h2-3,10H,4-9H2,1H3,(H,18,19)/t10-,14-/m0/s1. The topological polar surface area (TPSA) is 43.8 Å². The fraction of sp³-hybridized carbons (Fsp3) is 0.643. The van der Waals surface area contributed by atoms with Crippen molar-refractivity contribution < 1.29 is 9.90 Å². The predicted octanol–water partition coefficient (Wildman–Crippen LogP) is 2.24. The van der Waals surface area contributed by atoms with Gasteiger partial charge in [0.25, 0.3) is 0 Å². The number of carbonyl (C=O) groups is 1. The highest BCUT2D eigenvalue weighted by Crippen LogP contribution is 2.42. The second-order valence-electron chi connectivity index (χ2n) is 6.06. The Balaban J connectivity index is 1.76. The number of nitrogens with zero attached hydrogens (tertiary/aromatic N) is 2. The van der Waals surface area contributed by atoms with Gasteiger partial charge >= 0.3 is 5.97 Å². The third-order valence-electron chi connectivity index (χ3n) is 4.61. The van der Waals surface area contributed by atoms with E-state index in [0.29, 0.717) is 13.1 Å². The average molecular weight is 315 g/mol. The number of rotatable bonds is 3. The van der Waals surface area contributed by atoms with E-state index in [9.17, 15) is 9.90 Å². The molecule has 20 heavy (non-hydrogen) atoms. The van der Waals surface area contributed by atoms with Gasteiger partial charge in [-0.2, -0.15) is 0 Å². The van der Waals surface area contributed by atoms with E-state index < -0.39 is 11.4 Å². The molecule has 0 unspecified atom stereocenters. The summed E-state index contributed by atoms with van der Waals surface area (Å²) in [7, 11) is 2.02. The summed E-state index contributed by atoms with van der Waals surface area (Å²) in [6, 6.07) is 3.94. The molecular weight excluding hydrogens is 296 g/mol. The quantitative estimate of drug-likeness (QED) is 0.929. The minimum atomic E-state index is -0.638. The molecule has 0 radical (unpaired) electrons. The molecule has 2 aliphatic rings. The zero-order valence-corrected chi connectivity index (χ0v) is 13.1. The van der Waals surface area contributed by atoms with Crippen LogP contribution in [0.25, 0.3) is 0 Å². The normalized spacial score (nSPS) is 31.4. The van der Waals surface area contributed by atoms with Gasteiger partial charge in [0.15, 0.2) is 0 Å². The highest BCUT2D eigenvalue weighted by Gasteiger charge is 2.54. The Morgan fingerprint density at radius 1 is 1.55 bits per heavy atom. The van der Waals surface area contributed by atoms with E-state index in [1.54, 1.807) is 11.3 Å². The number of likely N-dealkylation sites (tertiary alicyclic amines) is 2. The van der Waals surface area contributed by atoms with Crippen LogP contribution in [0.5, 0.6) is 0 Å². The SMILES string of the molecule is CN1CC[C@H]2CN(Cc3ccc(Cl)s3)C[C@@]2(C(=O)O)C1. The molecule has 2 fully saturated rings. The van der Waals surface area contributed by atoms with E-state index >= 15 is 0 Å². The van der Waals surface area contributed by atoms with Crippen LogP contribution in [0.4, 0.5) is 0 Å². The van der Waals surface area contributed by atoms with Gasteiger partial charge in [-0.05, 0) is 38.1 Å². The molecule has 3 heterocycles. The Bertz CT molecular complexity index is 521. The fourth-order valence-electron chi connectivity index (χ4n) is 3.65. The first kappa shape index (κ1) is 14.3. The van der Waals surface area contributed by atoms with Crippen molar-refractivity contribution >= 4 is 28.9 Å². The molecule has 1 N–H and O–H groups in total. The monoisotopic (exact) mass is 314 g/mol. The second kappa shape index (κ2) is 5.30. The minimum absolute atomic E-state index is 0.270. The number of carboxylic acids is 1. The van der Waals surface area contributed by atoms with Crippen LogP contribution in [-0.2, 0) is 11.3 Å². The van der Waals surface area contributed by atoms with E-state index in [-0.39, 0.29) is 5.92 Å². The Labute approximate surface area is 127 Å². The van der Waals surface area contributed by atoms with Crippen LogP contribution in [-0.4, -0.2) is 54.1 Å². The van der Waals surface area contributed by atoms with E-state index in [4.69, 9.17) is 11.6 Å². The van der Waals surface area contributed by atoms with Crippen molar-refractivity contribution in [2.24, 2.45) is 11.3 Å². The summed E-state index contributed by atoms with van der Waals surface area (Å²) >= 11 is 7.55. The third kappa shape index (κ3) is 2.48. The van der Waals surface area contributed by atoms with Gasteiger partial charge in [0.2, 0.25) is 0 Å². The highest BCUT2D eigenvalue weighted by molar-refractivity contribution is 7.16. The largest absolute Gasteiger partial charge is 0.481 e. The molecule has 2 atom stereocenters. The second-order valence-corrected chi connectivity index (χ2v) is 7.86. The van der Waals surface area contributed by atoms with Crippen LogP contribution in [0.2, 0.25) is 4.34 Å². The van der Waals surface area contributed by atoms with Gasteiger partial charge in [-0.1, -0.05) is 11.6 Å². The Morgan fingerprint density at radius 2 is 2.35 bits per heavy atom. The number of thiophene rings is 1. The molecule has 0 amide bonds. The van der Waals surface area contributed by atoms with Crippen LogP contribution in [0.15, 0.2) is 12.1 Å². The molecule has 0 spiro atoms. The zero-order valence-electron chi connectivity index (χ0n) is 11.5. The van der Waals surface area contributed by atoms with Crippen LogP contribution in [0.1, 0.15) is 11.3 Å². The van der Waals surface area contributed by atoms with Crippen molar-refractivity contribution in [2.45, 2.75) is 13.0 Å². The lowest BCUT2D eigenvalue weighted by atomic mass is 9.73. The number of fused-ring (bicyclic) bond motifs is 1. The molecule has 6 heteroatoms. The number of piperidine rings is 1. The van der Waals surface area contributed by atoms with Crippen molar-refractivity contribution in [3.05, 3.63) is 21.3 Å². The van der Waals surface area contributed by atoms with Gasteiger partial charge in [0.1, 0.15) is 0 Å². The number of halogens is 1. The number of hydrogen-bond acceptors (Lipinski definition) is 4. The number of hydrogen-bond donors (Lipinski definition) is 1. The van der Waals surface area contributed by atoms with Gasteiger partial charge in [-0.3, -0.25) is 9.69 Å². The maximum absolute atomic E-state index is 11.8. The van der Waals surface area contributed by atoms with Gasteiger partial charge in [0, 0.05) is 31.1 Å². The molecule has 0 aromatic carbocycles. The summed E-state index contributed by atoms with van der Waals surface area (Å²) in [5.74, 6) is -0.368. The summed E-state index contributed by atoms with van der Waals surface area (Å²) in [6.45, 7) is 4.00. The first-order valence-corrected chi connectivity index (χ1v) is 8.07. The lowest BCUT2D eigenvalue weighted by molar-refractivity contribution is -0.153. The molecule has 0 aliphatic carbocycles.